The molecule has 0 spiro atoms. The van der Waals surface area contributed by atoms with Crippen molar-refractivity contribution in [3.63, 3.8) is 0 Å². The van der Waals surface area contributed by atoms with Crippen molar-refractivity contribution in [1.29, 1.82) is 0 Å². The van der Waals surface area contributed by atoms with E-state index in [1.807, 2.05) is 74.5 Å². The lowest BCUT2D eigenvalue weighted by Gasteiger charge is -2.34. The summed E-state index contributed by atoms with van der Waals surface area (Å²) in [4.78, 5) is 82.4. The lowest BCUT2D eigenvalue weighted by molar-refractivity contribution is -0.193. The predicted molar refractivity (Wildman–Crippen MR) is 167 cm³/mol. The molecule has 14 nitrogen and oxygen atoms in total. The fourth-order valence-electron chi connectivity index (χ4n) is 5.14. The second-order valence-electron chi connectivity index (χ2n) is 11.0. The van der Waals surface area contributed by atoms with Gasteiger partial charge in [-0.3, -0.25) is 9.59 Å². The standard InChI is InChI=1S/C16H21NO4.C15H19NO4.2CO2.CH4/c1-12-8-14(15(18)20-2)10-17(9-12)16(19)21-11-13-6-4-3-5-7-13;1-11-7-13(14(17)18)9-16(8-11)15(19)20-10-12-5-3-2-4-6-12;2*2-1-3;/h3-7,12,14H,8-11H2,1-2H3;2-6,11,13H,7-10H2,1H3,(H,17,18);;;1H4. The van der Waals surface area contributed by atoms with Gasteiger partial charge in [0.15, 0.2) is 0 Å². The summed E-state index contributed by atoms with van der Waals surface area (Å²) < 4.78 is 15.3. The number of nitrogens with zero attached hydrogens (tertiary/aromatic N) is 2. The van der Waals surface area contributed by atoms with Crippen LogP contribution < -0.4 is 0 Å². The van der Waals surface area contributed by atoms with E-state index >= 15 is 0 Å². The highest BCUT2D eigenvalue weighted by atomic mass is 16.6. The molecule has 1 N–H and O–H groups in total. The number of rotatable bonds is 6. The monoisotopic (exact) mass is 672 g/mol. The Bertz CT molecular complexity index is 1310. The number of piperidine rings is 2. The summed E-state index contributed by atoms with van der Waals surface area (Å²) in [7, 11) is 1.37. The Kier molecular flexibility index (Phi) is 21.3. The summed E-state index contributed by atoms with van der Waals surface area (Å²) in [5.41, 5.74) is 1.86. The lowest BCUT2D eigenvalue weighted by Crippen LogP contribution is -2.46. The van der Waals surface area contributed by atoms with Crippen LogP contribution in [-0.4, -0.2) is 84.6 Å². The molecule has 4 rings (SSSR count). The van der Waals surface area contributed by atoms with Crippen LogP contribution in [0.4, 0.5) is 9.59 Å². The van der Waals surface area contributed by atoms with Crippen molar-refractivity contribution >= 4 is 36.4 Å². The minimum absolute atomic E-state index is 0. The summed E-state index contributed by atoms with van der Waals surface area (Å²) in [6.07, 6.45) is 1.04. The molecule has 0 aliphatic carbocycles. The average Bonchev–Trinajstić information content (AvgIpc) is 3.07. The zero-order valence-electron chi connectivity index (χ0n) is 26.6. The van der Waals surface area contributed by atoms with Gasteiger partial charge in [-0.25, -0.2) is 9.59 Å². The van der Waals surface area contributed by atoms with Gasteiger partial charge < -0.3 is 29.1 Å². The fraction of sp³-hybridized carbons (Fsp3) is 0.471. The number of benzene rings is 2. The van der Waals surface area contributed by atoms with Crippen LogP contribution >= 0.6 is 0 Å². The Labute approximate surface area is 279 Å². The highest BCUT2D eigenvalue weighted by molar-refractivity contribution is 5.75. The molecule has 0 aromatic heterocycles. The summed E-state index contributed by atoms with van der Waals surface area (Å²) >= 11 is 0. The van der Waals surface area contributed by atoms with Crippen LogP contribution in [0, 0.1) is 23.7 Å². The van der Waals surface area contributed by atoms with Crippen molar-refractivity contribution in [2.45, 2.75) is 47.3 Å². The number of methoxy groups -OCH3 is 1. The van der Waals surface area contributed by atoms with Gasteiger partial charge in [0, 0.05) is 26.2 Å². The summed E-state index contributed by atoms with van der Waals surface area (Å²) in [6, 6.07) is 19.0. The molecule has 0 bridgehead atoms. The van der Waals surface area contributed by atoms with Crippen molar-refractivity contribution in [3.8, 4) is 0 Å². The largest absolute Gasteiger partial charge is 0.481 e. The second-order valence-corrected chi connectivity index (χ2v) is 11.0. The Balaban J connectivity index is 0.000000777. The van der Waals surface area contributed by atoms with Gasteiger partial charge in [0.05, 0.1) is 18.9 Å². The molecule has 14 heteroatoms. The van der Waals surface area contributed by atoms with Gasteiger partial charge in [-0.2, -0.15) is 19.2 Å². The summed E-state index contributed by atoms with van der Waals surface area (Å²) in [5, 5.41) is 9.08. The maximum Gasteiger partial charge on any atom is 0.410 e. The maximum absolute atomic E-state index is 12.1. The molecule has 4 unspecified atom stereocenters. The van der Waals surface area contributed by atoms with Crippen molar-refractivity contribution < 1.29 is 57.7 Å². The zero-order chi connectivity index (χ0) is 35.2. The van der Waals surface area contributed by atoms with E-state index in [1.165, 1.54) is 12.0 Å². The van der Waals surface area contributed by atoms with Gasteiger partial charge in [0.25, 0.3) is 0 Å². The van der Waals surface area contributed by atoms with Gasteiger partial charge in [-0.1, -0.05) is 81.9 Å². The molecular weight excluding hydrogens is 628 g/mol. The first kappa shape index (κ1) is 42.7. The van der Waals surface area contributed by atoms with Crippen LogP contribution in [0.1, 0.15) is 45.2 Å². The average molecular weight is 673 g/mol. The van der Waals surface area contributed by atoms with Crippen molar-refractivity contribution in [1.82, 2.24) is 9.80 Å². The van der Waals surface area contributed by atoms with Crippen molar-refractivity contribution in [3.05, 3.63) is 71.8 Å². The molecular formula is C34H44N2O12. The third-order valence-corrected chi connectivity index (χ3v) is 7.13. The van der Waals surface area contributed by atoms with Gasteiger partial charge in [0.1, 0.15) is 13.2 Å². The number of esters is 1. The smallest absolute Gasteiger partial charge is 0.410 e. The molecule has 48 heavy (non-hydrogen) atoms. The third-order valence-electron chi connectivity index (χ3n) is 7.13. The Hall–Kier alpha value is -5.32. The molecule has 2 amide bonds. The maximum atomic E-state index is 12.1. The van der Waals surface area contributed by atoms with Crippen molar-refractivity contribution in [2.24, 2.45) is 23.7 Å². The number of carbonyl (C=O) groups excluding carboxylic acids is 7. The minimum atomic E-state index is -0.850. The van der Waals surface area contributed by atoms with Gasteiger partial charge in [0.2, 0.25) is 0 Å². The van der Waals surface area contributed by atoms with Crippen molar-refractivity contribution in [2.75, 3.05) is 33.3 Å². The van der Waals surface area contributed by atoms with Gasteiger partial charge >= 0.3 is 36.4 Å². The Morgan fingerprint density at radius 3 is 1.40 bits per heavy atom. The number of carbonyl (C=O) groups is 4. The zero-order valence-corrected chi connectivity index (χ0v) is 26.6. The number of hydrogen-bond donors (Lipinski definition) is 1. The predicted octanol–water partition coefficient (Wildman–Crippen LogP) is 4.29. The highest BCUT2D eigenvalue weighted by Gasteiger charge is 2.34. The van der Waals surface area contributed by atoms with Crippen LogP contribution in [-0.2, 0) is 56.2 Å². The third kappa shape index (κ3) is 16.3. The normalized spacial score (nSPS) is 19.1. The van der Waals surface area contributed by atoms with E-state index < -0.39 is 18.0 Å². The highest BCUT2D eigenvalue weighted by Crippen LogP contribution is 2.24. The quantitative estimate of drug-likeness (QED) is 0.339. The van der Waals surface area contributed by atoms with Crippen LogP contribution in [0.3, 0.4) is 0 Å². The molecule has 262 valence electrons. The van der Waals surface area contributed by atoms with E-state index in [9.17, 15) is 19.2 Å². The first-order valence-corrected chi connectivity index (χ1v) is 14.7. The van der Waals surface area contributed by atoms with E-state index in [1.54, 1.807) is 4.90 Å². The molecule has 2 aromatic carbocycles. The summed E-state index contributed by atoms with van der Waals surface area (Å²) in [5.74, 6) is -1.44. The summed E-state index contributed by atoms with van der Waals surface area (Å²) in [6.45, 7) is 6.19. The van der Waals surface area contributed by atoms with E-state index in [4.69, 9.17) is 38.5 Å². The molecule has 2 aromatic rings. The van der Waals surface area contributed by atoms with Gasteiger partial charge in [-0.15, -0.1) is 0 Å². The lowest BCUT2D eigenvalue weighted by atomic mass is 9.91. The van der Waals surface area contributed by atoms with Crippen LogP contribution in [0.2, 0.25) is 0 Å². The molecule has 2 saturated heterocycles. The number of amides is 2. The first-order chi connectivity index (χ1) is 22.5. The van der Waals surface area contributed by atoms with Gasteiger partial charge in [-0.05, 0) is 35.8 Å². The van der Waals surface area contributed by atoms with Crippen LogP contribution in [0.15, 0.2) is 60.7 Å². The van der Waals surface area contributed by atoms with Crippen LogP contribution in [0.25, 0.3) is 0 Å². The molecule has 2 heterocycles. The number of hydrogen-bond acceptors (Lipinski definition) is 11. The molecule has 4 atom stereocenters. The number of carboxylic acid groups (broad SMARTS) is 1. The number of ether oxygens (including phenoxy) is 3. The van der Waals surface area contributed by atoms with E-state index in [-0.39, 0.29) is 69.3 Å². The van der Waals surface area contributed by atoms with E-state index in [0.29, 0.717) is 26.1 Å². The number of aliphatic carboxylic acids is 1. The molecule has 0 radical (unpaired) electrons. The van der Waals surface area contributed by atoms with E-state index in [2.05, 4.69) is 0 Å². The Morgan fingerprint density at radius 1 is 0.688 bits per heavy atom. The first-order valence-electron chi connectivity index (χ1n) is 14.7. The topological polar surface area (TPSA) is 191 Å². The molecule has 0 saturated carbocycles. The second kappa shape index (κ2) is 23.9. The molecule has 2 fully saturated rings. The molecule has 2 aliphatic heterocycles. The number of carboxylic acids is 1. The Morgan fingerprint density at radius 2 is 1.04 bits per heavy atom. The van der Waals surface area contributed by atoms with Crippen LogP contribution in [0.5, 0.6) is 0 Å². The molecule has 2 aliphatic rings. The minimum Gasteiger partial charge on any atom is -0.481 e. The fourth-order valence-corrected chi connectivity index (χ4v) is 5.14. The van der Waals surface area contributed by atoms with E-state index in [0.717, 1.165) is 17.5 Å². The SMILES string of the molecule is C.CC1CC(C(=O)O)CN(C(=O)OCc2ccccc2)C1.COC(=O)C1CC(C)CN(C(=O)OCc2ccccc2)C1.O=C=O.O=C=O. The number of likely N-dealkylation sites (tertiary alicyclic amines) is 2.